The molecule has 4 rings (SSSR count). The molecule has 0 saturated carbocycles. The van der Waals surface area contributed by atoms with E-state index in [-0.39, 0.29) is 34.0 Å². The number of phenolic OH excluding ortho intramolecular Hbond substituents is 2. The van der Waals surface area contributed by atoms with Gasteiger partial charge in [-0.2, -0.15) is 0 Å². The third-order valence-electron chi connectivity index (χ3n) is 5.14. The van der Waals surface area contributed by atoms with Crippen LogP contribution in [0.25, 0.3) is 22.3 Å². The van der Waals surface area contributed by atoms with Crippen LogP contribution in [0.1, 0.15) is 32.4 Å². The van der Waals surface area contributed by atoms with Crippen LogP contribution in [0.15, 0.2) is 45.6 Å². The molecule has 0 saturated heterocycles. The van der Waals surface area contributed by atoms with Crippen molar-refractivity contribution >= 4 is 11.0 Å². The van der Waals surface area contributed by atoms with Gasteiger partial charge < -0.3 is 29.2 Å². The van der Waals surface area contributed by atoms with Crippen molar-refractivity contribution in [1.82, 2.24) is 0 Å². The molecule has 2 aromatic carbocycles. The zero-order valence-electron chi connectivity index (χ0n) is 16.3. The first-order valence-electron chi connectivity index (χ1n) is 9.34. The van der Waals surface area contributed by atoms with E-state index in [0.29, 0.717) is 17.7 Å². The fourth-order valence-electron chi connectivity index (χ4n) is 3.65. The predicted octanol–water partition coefficient (Wildman–Crippen LogP) is 3.48. The molecule has 2 atom stereocenters. The molecule has 7 heteroatoms. The number of hydrogen-bond acceptors (Lipinski definition) is 7. The van der Waals surface area contributed by atoms with E-state index in [1.807, 2.05) is 0 Å². The molecule has 0 radical (unpaired) electrons. The molecule has 0 spiro atoms. The Hall–Kier alpha value is -3.03. The maximum absolute atomic E-state index is 12.8. The molecule has 152 valence electrons. The SMILES string of the molecule is CCO[C@@H]1c2c(cc(O)c3c(=O)cc(-c4ccc(O)cc4)oc23)OC(C)(C)[C@@H]1O. The van der Waals surface area contributed by atoms with Gasteiger partial charge in [0.25, 0.3) is 0 Å². The van der Waals surface area contributed by atoms with Gasteiger partial charge in [0.2, 0.25) is 0 Å². The minimum absolute atomic E-state index is 0.00788. The second-order valence-corrected chi connectivity index (χ2v) is 7.56. The molecule has 1 aliphatic heterocycles. The molecule has 7 nitrogen and oxygen atoms in total. The van der Waals surface area contributed by atoms with Crippen LogP contribution >= 0.6 is 0 Å². The molecule has 2 heterocycles. The normalized spacial score (nSPS) is 20.3. The lowest BCUT2D eigenvalue weighted by molar-refractivity contribution is -0.132. The molecule has 1 aliphatic rings. The summed E-state index contributed by atoms with van der Waals surface area (Å²) in [5.74, 6) is 0.355. The smallest absolute Gasteiger partial charge is 0.197 e. The van der Waals surface area contributed by atoms with Crippen LogP contribution in [-0.2, 0) is 4.74 Å². The standard InChI is InChI=1S/C22H22O7/c1-4-27-20-18-16(29-22(2,3)21(20)26)10-14(25)17-13(24)9-15(28-19(17)18)11-5-7-12(23)8-6-11/h5-10,20-21,23,25-26H,4H2,1-3H3/t20-,21-/m1/s1. The van der Waals surface area contributed by atoms with E-state index < -0.39 is 23.2 Å². The second-order valence-electron chi connectivity index (χ2n) is 7.56. The summed E-state index contributed by atoms with van der Waals surface area (Å²) < 4.78 is 17.7. The van der Waals surface area contributed by atoms with Crippen molar-refractivity contribution in [2.45, 2.75) is 38.6 Å². The van der Waals surface area contributed by atoms with E-state index in [9.17, 15) is 20.1 Å². The summed E-state index contributed by atoms with van der Waals surface area (Å²) in [4.78, 5) is 12.8. The average Bonchev–Trinajstić information content (AvgIpc) is 2.65. The highest BCUT2D eigenvalue weighted by atomic mass is 16.5. The molecule has 1 aromatic heterocycles. The van der Waals surface area contributed by atoms with Crippen molar-refractivity contribution in [3.63, 3.8) is 0 Å². The molecule has 3 N–H and O–H groups in total. The third kappa shape index (κ3) is 3.12. The quantitative estimate of drug-likeness (QED) is 0.620. The van der Waals surface area contributed by atoms with Crippen LogP contribution in [0.5, 0.6) is 17.2 Å². The first-order chi connectivity index (χ1) is 13.7. The molecular weight excluding hydrogens is 376 g/mol. The molecule has 0 unspecified atom stereocenters. The maximum Gasteiger partial charge on any atom is 0.197 e. The zero-order chi connectivity index (χ0) is 20.9. The van der Waals surface area contributed by atoms with Gasteiger partial charge in [0.05, 0.1) is 5.56 Å². The fourth-order valence-corrected chi connectivity index (χ4v) is 3.65. The highest BCUT2D eigenvalue weighted by Crippen LogP contribution is 2.47. The number of ether oxygens (including phenoxy) is 2. The number of fused-ring (bicyclic) bond motifs is 3. The third-order valence-corrected chi connectivity index (χ3v) is 5.14. The monoisotopic (exact) mass is 398 g/mol. The Morgan fingerprint density at radius 2 is 1.83 bits per heavy atom. The predicted molar refractivity (Wildman–Crippen MR) is 106 cm³/mol. The van der Waals surface area contributed by atoms with E-state index in [4.69, 9.17) is 13.9 Å². The van der Waals surface area contributed by atoms with Gasteiger partial charge in [-0.3, -0.25) is 4.79 Å². The Bertz CT molecular complexity index is 1130. The number of phenols is 2. The average molecular weight is 398 g/mol. The molecule has 3 aromatic rings. The number of benzene rings is 2. The Labute approximate surface area is 166 Å². The topological polar surface area (TPSA) is 109 Å². The summed E-state index contributed by atoms with van der Waals surface area (Å²) in [7, 11) is 0. The molecule has 0 fully saturated rings. The second kappa shape index (κ2) is 6.79. The Morgan fingerprint density at radius 1 is 1.14 bits per heavy atom. The summed E-state index contributed by atoms with van der Waals surface area (Å²) >= 11 is 0. The van der Waals surface area contributed by atoms with Crippen LogP contribution in [-0.4, -0.2) is 33.6 Å². The van der Waals surface area contributed by atoms with Gasteiger partial charge >= 0.3 is 0 Å². The first kappa shape index (κ1) is 19.3. The van der Waals surface area contributed by atoms with Gasteiger partial charge in [0.1, 0.15) is 46.2 Å². The number of aliphatic hydroxyl groups is 1. The van der Waals surface area contributed by atoms with Gasteiger partial charge in [-0.05, 0) is 45.0 Å². The molecule has 0 aliphatic carbocycles. The summed E-state index contributed by atoms with van der Waals surface area (Å²) in [6, 6.07) is 8.83. The largest absolute Gasteiger partial charge is 0.508 e. The van der Waals surface area contributed by atoms with Gasteiger partial charge in [-0.15, -0.1) is 0 Å². The van der Waals surface area contributed by atoms with E-state index in [1.165, 1.54) is 24.3 Å². The van der Waals surface area contributed by atoms with Crippen LogP contribution in [0, 0.1) is 0 Å². The van der Waals surface area contributed by atoms with Gasteiger partial charge in [0, 0.05) is 24.3 Å². The van der Waals surface area contributed by atoms with Crippen LogP contribution in [0.4, 0.5) is 0 Å². The van der Waals surface area contributed by atoms with Crippen molar-refractivity contribution in [3.8, 4) is 28.6 Å². The fraction of sp³-hybridized carbons (Fsp3) is 0.318. The first-order valence-corrected chi connectivity index (χ1v) is 9.34. The summed E-state index contributed by atoms with van der Waals surface area (Å²) in [5.41, 5.74) is -0.358. The highest BCUT2D eigenvalue weighted by Gasteiger charge is 2.45. The van der Waals surface area contributed by atoms with Crippen LogP contribution in [0.3, 0.4) is 0 Å². The van der Waals surface area contributed by atoms with Crippen molar-refractivity contribution in [2.75, 3.05) is 6.61 Å². The summed E-state index contributed by atoms with van der Waals surface area (Å²) in [6.07, 6.45) is -1.83. The van der Waals surface area contributed by atoms with E-state index in [2.05, 4.69) is 0 Å². The van der Waals surface area contributed by atoms with E-state index >= 15 is 0 Å². The minimum atomic E-state index is -1.02. The lowest BCUT2D eigenvalue weighted by atomic mass is 9.87. The van der Waals surface area contributed by atoms with Crippen molar-refractivity contribution in [1.29, 1.82) is 0 Å². The maximum atomic E-state index is 12.8. The Balaban J connectivity index is 2.04. The number of aliphatic hydroxyl groups excluding tert-OH is 1. The highest BCUT2D eigenvalue weighted by molar-refractivity contribution is 5.90. The van der Waals surface area contributed by atoms with Crippen LogP contribution < -0.4 is 10.2 Å². The van der Waals surface area contributed by atoms with Gasteiger partial charge in [0.15, 0.2) is 11.0 Å². The van der Waals surface area contributed by atoms with E-state index in [0.717, 1.165) is 0 Å². The van der Waals surface area contributed by atoms with Gasteiger partial charge in [-0.1, -0.05) is 0 Å². The number of rotatable bonds is 3. The van der Waals surface area contributed by atoms with Crippen molar-refractivity contribution < 1.29 is 29.2 Å². The number of aromatic hydroxyl groups is 2. The Kier molecular flexibility index (Phi) is 4.52. The summed E-state index contributed by atoms with van der Waals surface area (Å²) in [6.45, 7) is 5.56. The van der Waals surface area contributed by atoms with Gasteiger partial charge in [-0.25, -0.2) is 0 Å². The number of hydrogen-bond donors (Lipinski definition) is 3. The van der Waals surface area contributed by atoms with Crippen LogP contribution in [0.2, 0.25) is 0 Å². The zero-order valence-corrected chi connectivity index (χ0v) is 16.3. The molecular formula is C22H22O7. The molecule has 0 amide bonds. The van der Waals surface area contributed by atoms with Crippen molar-refractivity contribution in [2.24, 2.45) is 0 Å². The lowest BCUT2D eigenvalue weighted by Crippen LogP contribution is -2.49. The molecule has 0 bridgehead atoms. The van der Waals surface area contributed by atoms with E-state index in [1.54, 1.807) is 32.9 Å². The summed E-state index contributed by atoms with van der Waals surface area (Å²) in [5, 5.41) is 30.8. The lowest BCUT2D eigenvalue weighted by Gasteiger charge is -2.41. The molecule has 29 heavy (non-hydrogen) atoms. The minimum Gasteiger partial charge on any atom is -0.508 e. The van der Waals surface area contributed by atoms with Crippen molar-refractivity contribution in [3.05, 3.63) is 52.2 Å². The Morgan fingerprint density at radius 3 is 2.48 bits per heavy atom.